The molecule has 0 N–H and O–H groups in total. The van der Waals surface area contributed by atoms with Crippen molar-refractivity contribution in [3.8, 4) is 0 Å². The Bertz CT molecular complexity index is 1130. The summed E-state index contributed by atoms with van der Waals surface area (Å²) >= 11 is 6.19. The molecule has 3 heterocycles. The summed E-state index contributed by atoms with van der Waals surface area (Å²) in [7, 11) is 0. The van der Waals surface area contributed by atoms with Crippen LogP contribution in [0.25, 0.3) is 0 Å². The molecular formula is C23H21ClN4O4. The van der Waals surface area contributed by atoms with Crippen LogP contribution in [-0.4, -0.2) is 52.3 Å². The number of halogens is 1. The van der Waals surface area contributed by atoms with Crippen LogP contribution in [0.3, 0.4) is 0 Å². The van der Waals surface area contributed by atoms with Crippen molar-refractivity contribution in [3.63, 3.8) is 0 Å². The summed E-state index contributed by atoms with van der Waals surface area (Å²) < 4.78 is 5.36. The van der Waals surface area contributed by atoms with Crippen LogP contribution >= 0.6 is 11.6 Å². The Hall–Kier alpha value is -3.65. The summed E-state index contributed by atoms with van der Waals surface area (Å²) in [6, 6.07) is 12.1. The van der Waals surface area contributed by atoms with Crippen LogP contribution < -0.4 is 4.90 Å². The molecule has 0 spiro atoms. The van der Waals surface area contributed by atoms with E-state index in [1.807, 2.05) is 6.92 Å². The SMILES string of the molecule is Cc1c(Cl)cccc1N1CN(C(=O)CN(Cc2ccco2)C(=O)c2cccnc2)CC1=O. The average molecular weight is 453 g/mol. The highest BCUT2D eigenvalue weighted by Gasteiger charge is 2.34. The number of benzene rings is 1. The molecule has 9 heteroatoms. The maximum atomic E-state index is 13.1. The van der Waals surface area contributed by atoms with Crippen LogP contribution in [0.15, 0.2) is 65.5 Å². The molecular weight excluding hydrogens is 432 g/mol. The van der Waals surface area contributed by atoms with E-state index in [9.17, 15) is 14.4 Å². The van der Waals surface area contributed by atoms with Crippen LogP contribution in [0.5, 0.6) is 0 Å². The van der Waals surface area contributed by atoms with Crippen LogP contribution in [0.2, 0.25) is 5.02 Å². The summed E-state index contributed by atoms with van der Waals surface area (Å²) in [5, 5.41) is 0.548. The first-order valence-corrected chi connectivity index (χ1v) is 10.4. The third kappa shape index (κ3) is 4.50. The van der Waals surface area contributed by atoms with E-state index in [0.717, 1.165) is 5.56 Å². The van der Waals surface area contributed by atoms with Crippen LogP contribution in [0.1, 0.15) is 21.7 Å². The third-order valence-corrected chi connectivity index (χ3v) is 5.68. The quantitative estimate of drug-likeness (QED) is 0.573. The number of carbonyl (C=O) groups excluding carboxylic acids is 3. The van der Waals surface area contributed by atoms with Crippen molar-refractivity contribution in [1.82, 2.24) is 14.8 Å². The first kappa shape index (κ1) is 21.6. The number of nitrogens with zero attached hydrogens (tertiary/aromatic N) is 4. The Morgan fingerprint density at radius 3 is 2.75 bits per heavy atom. The topological polar surface area (TPSA) is 87.0 Å². The Kier molecular flexibility index (Phi) is 6.23. The fourth-order valence-electron chi connectivity index (χ4n) is 3.54. The van der Waals surface area contributed by atoms with Gasteiger partial charge in [0.2, 0.25) is 11.8 Å². The molecule has 0 radical (unpaired) electrons. The summed E-state index contributed by atoms with van der Waals surface area (Å²) in [5.74, 6) is -0.358. The Balaban J connectivity index is 1.51. The third-order valence-electron chi connectivity index (χ3n) is 5.27. The predicted molar refractivity (Wildman–Crippen MR) is 118 cm³/mol. The van der Waals surface area contributed by atoms with Crippen LogP contribution in [0, 0.1) is 6.92 Å². The molecule has 1 saturated heterocycles. The van der Waals surface area contributed by atoms with Gasteiger partial charge in [-0.15, -0.1) is 0 Å². The van der Waals surface area contributed by atoms with Gasteiger partial charge in [-0.2, -0.15) is 0 Å². The van der Waals surface area contributed by atoms with Crippen molar-refractivity contribution in [2.24, 2.45) is 0 Å². The molecule has 2 aromatic heterocycles. The molecule has 0 bridgehead atoms. The number of furan rings is 1. The van der Waals surface area contributed by atoms with E-state index in [-0.39, 0.29) is 44.0 Å². The maximum Gasteiger partial charge on any atom is 0.256 e. The lowest BCUT2D eigenvalue weighted by Crippen LogP contribution is -2.42. The fraction of sp³-hybridized carbons (Fsp3) is 0.217. The Morgan fingerprint density at radius 2 is 2.03 bits per heavy atom. The van der Waals surface area contributed by atoms with Gasteiger partial charge in [0.15, 0.2) is 0 Å². The largest absolute Gasteiger partial charge is 0.467 e. The second-order valence-electron chi connectivity index (χ2n) is 7.42. The molecule has 3 amide bonds. The van der Waals surface area contributed by atoms with E-state index in [4.69, 9.17) is 16.0 Å². The molecule has 164 valence electrons. The minimum atomic E-state index is -0.351. The van der Waals surface area contributed by atoms with E-state index >= 15 is 0 Å². The van der Waals surface area contributed by atoms with Crippen LogP contribution in [-0.2, 0) is 16.1 Å². The van der Waals surface area contributed by atoms with Gasteiger partial charge in [0, 0.05) is 23.1 Å². The molecule has 0 atom stereocenters. The van der Waals surface area contributed by atoms with E-state index in [2.05, 4.69) is 4.98 Å². The summed E-state index contributed by atoms with van der Waals surface area (Å²) in [6.07, 6.45) is 4.53. The minimum Gasteiger partial charge on any atom is -0.467 e. The maximum absolute atomic E-state index is 13.1. The van der Waals surface area contributed by atoms with E-state index in [0.29, 0.717) is 22.0 Å². The van der Waals surface area contributed by atoms with E-state index in [1.54, 1.807) is 48.7 Å². The van der Waals surface area contributed by atoms with Crippen molar-refractivity contribution < 1.29 is 18.8 Å². The Labute approximate surface area is 190 Å². The second-order valence-corrected chi connectivity index (χ2v) is 7.83. The normalized spacial score (nSPS) is 13.5. The number of hydrogen-bond acceptors (Lipinski definition) is 5. The predicted octanol–water partition coefficient (Wildman–Crippen LogP) is 3.11. The minimum absolute atomic E-state index is 0.0690. The lowest BCUT2D eigenvalue weighted by Gasteiger charge is -2.25. The molecule has 1 fully saturated rings. The molecule has 1 aliphatic rings. The highest BCUT2D eigenvalue weighted by molar-refractivity contribution is 6.31. The average Bonchev–Trinajstić information content (AvgIpc) is 3.45. The number of hydrogen-bond donors (Lipinski definition) is 0. The highest BCUT2D eigenvalue weighted by Crippen LogP contribution is 2.28. The zero-order valence-corrected chi connectivity index (χ0v) is 18.2. The lowest BCUT2D eigenvalue weighted by atomic mass is 10.2. The zero-order chi connectivity index (χ0) is 22.7. The zero-order valence-electron chi connectivity index (χ0n) is 17.4. The monoisotopic (exact) mass is 452 g/mol. The molecule has 32 heavy (non-hydrogen) atoms. The van der Waals surface area contributed by atoms with Gasteiger partial charge >= 0.3 is 0 Å². The first-order chi connectivity index (χ1) is 15.4. The van der Waals surface area contributed by atoms with Crippen LogP contribution in [0.4, 0.5) is 5.69 Å². The van der Waals surface area contributed by atoms with Gasteiger partial charge in [0.1, 0.15) is 25.5 Å². The van der Waals surface area contributed by atoms with Gasteiger partial charge in [0.25, 0.3) is 5.91 Å². The van der Waals surface area contributed by atoms with Gasteiger partial charge in [-0.1, -0.05) is 17.7 Å². The molecule has 3 aromatic rings. The second kappa shape index (κ2) is 9.23. The summed E-state index contributed by atoms with van der Waals surface area (Å²) in [5.41, 5.74) is 1.79. The van der Waals surface area contributed by atoms with Crippen molar-refractivity contribution in [2.45, 2.75) is 13.5 Å². The molecule has 0 unspecified atom stereocenters. The molecule has 4 rings (SSSR count). The number of anilines is 1. The molecule has 1 aromatic carbocycles. The molecule has 0 aliphatic carbocycles. The van der Waals surface area contributed by atoms with Gasteiger partial charge in [-0.25, -0.2) is 0 Å². The number of amides is 3. The van der Waals surface area contributed by atoms with Gasteiger partial charge in [0.05, 0.1) is 18.4 Å². The van der Waals surface area contributed by atoms with Crippen molar-refractivity contribution >= 4 is 35.0 Å². The number of aromatic nitrogens is 1. The summed E-state index contributed by atoms with van der Waals surface area (Å²) in [4.78, 5) is 47.1. The number of pyridine rings is 1. The van der Waals surface area contributed by atoms with E-state index < -0.39 is 0 Å². The van der Waals surface area contributed by atoms with Crippen molar-refractivity contribution in [3.05, 3.63) is 83.0 Å². The molecule has 1 aliphatic heterocycles. The first-order valence-electron chi connectivity index (χ1n) is 9.99. The molecule has 8 nitrogen and oxygen atoms in total. The van der Waals surface area contributed by atoms with Gasteiger partial charge in [-0.05, 0) is 48.9 Å². The molecule has 0 saturated carbocycles. The fourth-order valence-corrected chi connectivity index (χ4v) is 3.71. The summed E-state index contributed by atoms with van der Waals surface area (Å²) in [6.45, 7) is 1.76. The van der Waals surface area contributed by atoms with E-state index in [1.165, 1.54) is 27.2 Å². The van der Waals surface area contributed by atoms with Gasteiger partial charge < -0.3 is 14.2 Å². The Morgan fingerprint density at radius 1 is 1.19 bits per heavy atom. The number of rotatable bonds is 6. The smallest absolute Gasteiger partial charge is 0.256 e. The van der Waals surface area contributed by atoms with Crippen molar-refractivity contribution in [2.75, 3.05) is 24.7 Å². The standard InChI is InChI=1S/C23H21ClN4O4/c1-16-19(24)7-2-8-20(16)28-15-27(14-22(28)30)21(29)13-26(12-18-6-4-10-32-18)23(31)17-5-3-9-25-11-17/h2-11H,12-15H2,1H3. The van der Waals surface area contributed by atoms with Gasteiger partial charge in [-0.3, -0.25) is 24.3 Å². The highest BCUT2D eigenvalue weighted by atomic mass is 35.5. The van der Waals surface area contributed by atoms with Crippen molar-refractivity contribution in [1.29, 1.82) is 0 Å². The number of carbonyl (C=O) groups is 3. The lowest BCUT2D eigenvalue weighted by molar-refractivity contribution is -0.132.